The molecule has 2 rings (SSSR count). The van der Waals surface area contributed by atoms with Gasteiger partial charge in [-0.2, -0.15) is 0 Å². The normalized spacial score (nSPS) is 16.9. The zero-order valence-corrected chi connectivity index (χ0v) is 12.7. The molecular formula is C15H23O2Si. The van der Waals surface area contributed by atoms with Crippen molar-refractivity contribution in [3.05, 3.63) is 23.8 Å². The lowest BCUT2D eigenvalue weighted by atomic mass is 9.84. The summed E-state index contributed by atoms with van der Waals surface area (Å²) in [6, 6.07) is 6.32. The molecule has 1 aromatic rings. The number of hydrogen-bond donors (Lipinski definition) is 0. The van der Waals surface area contributed by atoms with Crippen molar-refractivity contribution in [1.82, 2.24) is 0 Å². The predicted molar refractivity (Wildman–Crippen MR) is 76.9 cm³/mol. The van der Waals surface area contributed by atoms with E-state index in [0.29, 0.717) is 5.92 Å². The van der Waals surface area contributed by atoms with E-state index < -0.39 is 9.04 Å². The largest absolute Gasteiger partial charge is 0.542 e. The van der Waals surface area contributed by atoms with Crippen LogP contribution in [-0.4, -0.2) is 16.2 Å². The molecule has 0 saturated heterocycles. The summed E-state index contributed by atoms with van der Waals surface area (Å²) in [4.78, 5) is 0. The second-order valence-corrected chi connectivity index (χ2v) is 7.27. The molecule has 1 fully saturated rings. The summed E-state index contributed by atoms with van der Waals surface area (Å²) >= 11 is 0. The zero-order chi connectivity index (χ0) is 13.0. The minimum Gasteiger partial charge on any atom is -0.542 e. The summed E-state index contributed by atoms with van der Waals surface area (Å²) in [7, 11) is 0.985. The average Bonchev–Trinajstić information content (AvgIpc) is 2.39. The highest BCUT2D eigenvalue weighted by Crippen LogP contribution is 2.39. The third kappa shape index (κ3) is 3.28. The van der Waals surface area contributed by atoms with E-state index in [-0.39, 0.29) is 0 Å². The maximum Gasteiger partial charge on any atom is 0.274 e. The van der Waals surface area contributed by atoms with Crippen LogP contribution in [0.15, 0.2) is 18.2 Å². The molecule has 0 N–H and O–H groups in total. The Morgan fingerprint density at radius 1 is 1.11 bits per heavy atom. The fraction of sp³-hybridized carbons (Fsp3) is 0.600. The fourth-order valence-electron chi connectivity index (χ4n) is 2.70. The van der Waals surface area contributed by atoms with Gasteiger partial charge >= 0.3 is 0 Å². The third-order valence-electron chi connectivity index (χ3n) is 3.58. The molecule has 0 unspecified atom stereocenters. The molecule has 3 heteroatoms. The van der Waals surface area contributed by atoms with Gasteiger partial charge in [-0.25, -0.2) is 0 Å². The maximum atomic E-state index is 6.06. The molecule has 0 bridgehead atoms. The van der Waals surface area contributed by atoms with Crippen molar-refractivity contribution >= 4 is 9.04 Å². The number of hydrogen-bond acceptors (Lipinski definition) is 2. The Hall–Kier alpha value is -0.963. The number of rotatable bonds is 4. The first-order chi connectivity index (χ1) is 8.70. The van der Waals surface area contributed by atoms with Crippen LogP contribution in [-0.2, 0) is 0 Å². The van der Waals surface area contributed by atoms with Gasteiger partial charge in [0.05, 0.1) is 7.11 Å². The lowest BCUT2D eigenvalue weighted by Crippen LogP contribution is -2.14. The van der Waals surface area contributed by atoms with Crippen molar-refractivity contribution in [3.63, 3.8) is 0 Å². The summed E-state index contributed by atoms with van der Waals surface area (Å²) in [6.07, 6.45) is 6.70. The summed E-state index contributed by atoms with van der Waals surface area (Å²) in [6.45, 7) is 4.35. The highest BCUT2D eigenvalue weighted by Gasteiger charge is 2.20. The van der Waals surface area contributed by atoms with E-state index in [2.05, 4.69) is 31.3 Å². The van der Waals surface area contributed by atoms with E-state index >= 15 is 0 Å². The van der Waals surface area contributed by atoms with Gasteiger partial charge in [-0.3, -0.25) is 0 Å². The van der Waals surface area contributed by atoms with E-state index in [4.69, 9.17) is 9.16 Å². The fourth-order valence-corrected chi connectivity index (χ4v) is 3.32. The molecule has 0 heterocycles. The first-order valence-electron chi connectivity index (χ1n) is 6.86. The quantitative estimate of drug-likeness (QED) is 0.751. The number of methoxy groups -OCH3 is 1. The molecule has 0 aliphatic heterocycles. The minimum absolute atomic E-state index is 0.681. The minimum atomic E-state index is -0.727. The number of ether oxygens (including phenoxy) is 1. The van der Waals surface area contributed by atoms with Crippen LogP contribution in [0, 0.1) is 0 Å². The first kappa shape index (κ1) is 13.5. The van der Waals surface area contributed by atoms with Gasteiger partial charge in [-0.15, -0.1) is 0 Å². The van der Waals surface area contributed by atoms with Gasteiger partial charge in [-0.1, -0.05) is 25.3 Å². The second-order valence-electron chi connectivity index (χ2n) is 5.25. The zero-order valence-electron chi connectivity index (χ0n) is 11.7. The van der Waals surface area contributed by atoms with Crippen molar-refractivity contribution in [1.29, 1.82) is 0 Å². The standard InChI is InChI=1S/C15H23O2Si/c1-16-13-9-10-14(12-7-5-4-6-8-12)15(11-13)17-18(2)3/h9-12H,4-8H2,1-3H3. The lowest BCUT2D eigenvalue weighted by molar-refractivity contribution is 0.407. The van der Waals surface area contributed by atoms with Crippen LogP contribution in [0.5, 0.6) is 11.5 Å². The van der Waals surface area contributed by atoms with Gasteiger partial charge < -0.3 is 9.16 Å². The molecule has 0 spiro atoms. The van der Waals surface area contributed by atoms with Crippen molar-refractivity contribution in [2.75, 3.05) is 7.11 Å². The Morgan fingerprint density at radius 3 is 2.44 bits per heavy atom. The van der Waals surface area contributed by atoms with Gasteiger partial charge in [0, 0.05) is 6.07 Å². The molecule has 1 aromatic carbocycles. The van der Waals surface area contributed by atoms with E-state index in [0.717, 1.165) is 11.5 Å². The van der Waals surface area contributed by atoms with Gasteiger partial charge in [0.15, 0.2) is 0 Å². The van der Waals surface area contributed by atoms with Crippen LogP contribution in [0.3, 0.4) is 0 Å². The Morgan fingerprint density at radius 2 is 1.83 bits per heavy atom. The second kappa shape index (κ2) is 6.28. The molecule has 1 radical (unpaired) electrons. The van der Waals surface area contributed by atoms with Crippen LogP contribution in [0.4, 0.5) is 0 Å². The smallest absolute Gasteiger partial charge is 0.274 e. The highest BCUT2D eigenvalue weighted by molar-refractivity contribution is 6.49. The van der Waals surface area contributed by atoms with Crippen LogP contribution >= 0.6 is 0 Å². The SMILES string of the molecule is COc1ccc(C2CCCCC2)c(O[Si](C)C)c1. The van der Waals surface area contributed by atoms with Crippen molar-refractivity contribution in [2.45, 2.75) is 51.1 Å². The summed E-state index contributed by atoms with van der Waals surface area (Å²) in [5, 5.41) is 0. The topological polar surface area (TPSA) is 18.5 Å². The molecule has 1 aliphatic rings. The maximum absolute atomic E-state index is 6.06. The van der Waals surface area contributed by atoms with Crippen molar-refractivity contribution in [2.24, 2.45) is 0 Å². The average molecular weight is 263 g/mol. The van der Waals surface area contributed by atoms with E-state index in [9.17, 15) is 0 Å². The molecule has 1 saturated carbocycles. The van der Waals surface area contributed by atoms with Gasteiger partial charge in [0.25, 0.3) is 9.04 Å². The van der Waals surface area contributed by atoms with Gasteiger partial charge in [0.2, 0.25) is 0 Å². The Bertz CT molecular complexity index is 384. The first-order valence-corrected chi connectivity index (χ1v) is 9.27. The van der Waals surface area contributed by atoms with Crippen molar-refractivity contribution in [3.8, 4) is 11.5 Å². The molecular weight excluding hydrogens is 240 g/mol. The van der Waals surface area contributed by atoms with Gasteiger partial charge in [0.1, 0.15) is 11.5 Å². The molecule has 18 heavy (non-hydrogen) atoms. The molecule has 1 aliphatic carbocycles. The van der Waals surface area contributed by atoms with Crippen LogP contribution < -0.4 is 9.16 Å². The monoisotopic (exact) mass is 263 g/mol. The predicted octanol–water partition coefficient (Wildman–Crippen LogP) is 4.37. The molecule has 99 valence electrons. The Kier molecular flexibility index (Phi) is 4.70. The van der Waals surface area contributed by atoms with Crippen LogP contribution in [0.2, 0.25) is 13.1 Å². The Labute approximate surface area is 112 Å². The van der Waals surface area contributed by atoms with E-state index in [1.54, 1.807) is 7.11 Å². The molecule has 0 amide bonds. The number of benzene rings is 1. The van der Waals surface area contributed by atoms with Crippen LogP contribution in [0.1, 0.15) is 43.6 Å². The van der Waals surface area contributed by atoms with Gasteiger partial charge in [-0.05, 0) is 43.5 Å². The summed E-state index contributed by atoms with van der Waals surface area (Å²) in [5.41, 5.74) is 1.39. The molecule has 2 nitrogen and oxygen atoms in total. The van der Waals surface area contributed by atoms with Crippen molar-refractivity contribution < 1.29 is 9.16 Å². The summed E-state index contributed by atoms with van der Waals surface area (Å²) < 4.78 is 11.4. The summed E-state index contributed by atoms with van der Waals surface area (Å²) in [5.74, 6) is 2.63. The van der Waals surface area contributed by atoms with Crippen LogP contribution in [0.25, 0.3) is 0 Å². The molecule has 0 aromatic heterocycles. The third-order valence-corrected chi connectivity index (χ3v) is 4.21. The van der Waals surface area contributed by atoms with E-state index in [1.165, 1.54) is 37.7 Å². The molecule has 0 atom stereocenters. The Balaban J connectivity index is 2.25. The van der Waals surface area contributed by atoms with E-state index in [1.807, 2.05) is 0 Å². The lowest BCUT2D eigenvalue weighted by Gasteiger charge is -2.25. The highest BCUT2D eigenvalue weighted by atomic mass is 28.3.